The minimum Gasteiger partial charge on any atom is -0.508 e. The second-order valence-electron chi connectivity index (χ2n) is 10.8. The Morgan fingerprint density at radius 2 is 0.902 bits per heavy atom. The van der Waals surface area contributed by atoms with Crippen LogP contribution >= 0.6 is 0 Å². The van der Waals surface area contributed by atoms with E-state index in [1.807, 2.05) is 0 Å². The van der Waals surface area contributed by atoms with Crippen LogP contribution in [0.5, 0.6) is 29.0 Å². The van der Waals surface area contributed by atoms with Crippen LogP contribution < -0.4 is 4.74 Å². The van der Waals surface area contributed by atoms with E-state index < -0.39 is 0 Å². The van der Waals surface area contributed by atoms with Gasteiger partial charge in [-0.1, -0.05) is 103 Å². The van der Waals surface area contributed by atoms with Gasteiger partial charge in [0.05, 0.1) is 17.7 Å². The molecule has 224 valence electrons. The van der Waals surface area contributed by atoms with Gasteiger partial charge >= 0.3 is 6.01 Å². The van der Waals surface area contributed by atoms with E-state index in [0.29, 0.717) is 6.61 Å². The number of phenolic OH excluding ortho intramolecular Hbond substituents is 4. The summed E-state index contributed by atoms with van der Waals surface area (Å²) in [6.45, 7) is 2.70. The fourth-order valence-electron chi connectivity index (χ4n) is 4.89. The quantitative estimate of drug-likeness (QED) is 0.100. The lowest BCUT2D eigenvalue weighted by molar-refractivity contribution is 0.281. The summed E-state index contributed by atoms with van der Waals surface area (Å²) in [6.07, 6.45) is 20.7. The van der Waals surface area contributed by atoms with Gasteiger partial charge in [0.25, 0.3) is 0 Å². The highest BCUT2D eigenvalue weighted by Gasteiger charge is 2.17. The van der Waals surface area contributed by atoms with Crippen molar-refractivity contribution in [3.05, 3.63) is 36.4 Å². The van der Waals surface area contributed by atoms with Crippen LogP contribution in [0.1, 0.15) is 110 Å². The molecule has 1 aromatic heterocycles. The molecule has 0 radical (unpaired) electrons. The Morgan fingerprint density at radius 1 is 0.512 bits per heavy atom. The van der Waals surface area contributed by atoms with Crippen LogP contribution in [0.15, 0.2) is 36.4 Å². The van der Waals surface area contributed by atoms with Crippen molar-refractivity contribution in [3.8, 4) is 51.8 Å². The highest BCUT2D eigenvalue weighted by molar-refractivity contribution is 5.70. The zero-order valence-corrected chi connectivity index (χ0v) is 24.5. The molecule has 0 fully saturated rings. The molecule has 0 saturated heterocycles. The Balaban J connectivity index is 1.40. The molecule has 0 saturated carbocycles. The minimum absolute atomic E-state index is 0.0749. The summed E-state index contributed by atoms with van der Waals surface area (Å²) in [5.41, 5.74) is 0.578. The number of hydrogen-bond donors (Lipinski definition) is 4. The summed E-state index contributed by atoms with van der Waals surface area (Å²) in [5, 5.41) is 40.0. The first-order valence-electron chi connectivity index (χ1n) is 15.4. The van der Waals surface area contributed by atoms with E-state index in [4.69, 9.17) is 4.74 Å². The van der Waals surface area contributed by atoms with Gasteiger partial charge in [0.2, 0.25) is 0 Å². The molecule has 2 aromatic carbocycles. The third-order valence-corrected chi connectivity index (χ3v) is 7.29. The van der Waals surface area contributed by atoms with Gasteiger partial charge in [-0.25, -0.2) is 4.98 Å². The van der Waals surface area contributed by atoms with Crippen molar-refractivity contribution in [1.29, 1.82) is 0 Å². The van der Waals surface area contributed by atoms with Gasteiger partial charge in [0.1, 0.15) is 23.0 Å². The zero-order valence-electron chi connectivity index (χ0n) is 24.5. The molecule has 4 N–H and O–H groups in total. The topological polar surface area (TPSA) is 129 Å². The van der Waals surface area contributed by atoms with E-state index in [-0.39, 0.29) is 51.8 Å². The number of rotatable bonds is 20. The first-order valence-corrected chi connectivity index (χ1v) is 15.4. The molecule has 0 amide bonds. The van der Waals surface area contributed by atoms with Crippen LogP contribution in [0.3, 0.4) is 0 Å². The molecule has 3 aromatic rings. The monoisotopic (exact) mass is 565 g/mol. The highest BCUT2D eigenvalue weighted by atomic mass is 16.5. The lowest BCUT2D eigenvalue weighted by atomic mass is 10.0. The molecule has 0 aliphatic rings. The third kappa shape index (κ3) is 11.5. The van der Waals surface area contributed by atoms with Crippen LogP contribution in [0.25, 0.3) is 22.8 Å². The Hall–Kier alpha value is -3.55. The number of aromatic hydroxyl groups is 4. The van der Waals surface area contributed by atoms with Gasteiger partial charge in [-0.15, -0.1) is 0 Å². The normalized spacial score (nSPS) is 11.1. The van der Waals surface area contributed by atoms with Gasteiger partial charge in [-0.05, 0) is 30.7 Å². The largest absolute Gasteiger partial charge is 0.508 e. The molecule has 0 unspecified atom stereocenters. The van der Waals surface area contributed by atoms with E-state index in [0.717, 1.165) is 19.3 Å². The maximum absolute atomic E-state index is 10.3. The van der Waals surface area contributed by atoms with Crippen molar-refractivity contribution in [3.63, 3.8) is 0 Å². The van der Waals surface area contributed by atoms with E-state index in [2.05, 4.69) is 21.9 Å². The van der Waals surface area contributed by atoms with Crippen LogP contribution in [-0.2, 0) is 0 Å². The number of hydrogen-bond acceptors (Lipinski definition) is 8. The standard InChI is InChI=1S/C33H47N3O5/c1-2-3-4-5-6-7-8-9-10-11-12-13-14-15-16-17-22-41-33-35-31(27-20-18-25(37)23-29(27)39)34-32(36-33)28-21-19-26(38)24-30(28)40/h18-21,23-24,37-40H,2-17,22H2,1H3. The molecular formula is C33H47N3O5. The molecule has 3 rings (SSSR count). The van der Waals surface area contributed by atoms with Gasteiger partial charge in [0, 0.05) is 12.1 Å². The molecule has 0 aliphatic carbocycles. The lowest BCUT2D eigenvalue weighted by Crippen LogP contribution is -2.05. The van der Waals surface area contributed by atoms with Gasteiger partial charge in [0.15, 0.2) is 11.6 Å². The zero-order chi connectivity index (χ0) is 29.3. The molecule has 0 spiro atoms. The average Bonchev–Trinajstić information content (AvgIpc) is 2.94. The number of aromatic nitrogens is 3. The molecule has 8 nitrogen and oxygen atoms in total. The van der Waals surface area contributed by atoms with Crippen LogP contribution in [-0.4, -0.2) is 42.0 Å². The molecule has 0 bridgehead atoms. The molecule has 8 heteroatoms. The Labute approximate surface area is 244 Å². The number of phenols is 4. The summed E-state index contributed by atoms with van der Waals surface area (Å²) in [7, 11) is 0. The first-order chi connectivity index (χ1) is 20.0. The summed E-state index contributed by atoms with van der Waals surface area (Å²) >= 11 is 0. The predicted octanol–water partition coefficient (Wildman–Crippen LogP) is 8.67. The Kier molecular flexibility index (Phi) is 14.0. The third-order valence-electron chi connectivity index (χ3n) is 7.29. The van der Waals surface area contributed by atoms with Crippen molar-refractivity contribution < 1.29 is 25.2 Å². The molecule has 0 atom stereocenters. The number of unbranched alkanes of at least 4 members (excludes halogenated alkanes) is 15. The first kappa shape index (κ1) is 32.0. The van der Waals surface area contributed by atoms with Gasteiger partial charge < -0.3 is 25.2 Å². The van der Waals surface area contributed by atoms with Crippen molar-refractivity contribution in [2.45, 2.75) is 110 Å². The van der Waals surface area contributed by atoms with Crippen molar-refractivity contribution in [2.24, 2.45) is 0 Å². The van der Waals surface area contributed by atoms with Crippen molar-refractivity contribution >= 4 is 0 Å². The predicted molar refractivity (Wildman–Crippen MR) is 162 cm³/mol. The van der Waals surface area contributed by atoms with Gasteiger partial charge in [-0.2, -0.15) is 9.97 Å². The Morgan fingerprint density at radius 3 is 1.29 bits per heavy atom. The van der Waals surface area contributed by atoms with Crippen LogP contribution in [0.4, 0.5) is 0 Å². The smallest absolute Gasteiger partial charge is 0.320 e. The van der Waals surface area contributed by atoms with Crippen molar-refractivity contribution in [1.82, 2.24) is 15.0 Å². The van der Waals surface area contributed by atoms with Crippen LogP contribution in [0, 0.1) is 0 Å². The second kappa shape index (κ2) is 18.0. The van der Waals surface area contributed by atoms with E-state index in [1.54, 1.807) is 0 Å². The molecule has 0 aliphatic heterocycles. The second-order valence-corrected chi connectivity index (χ2v) is 10.8. The Bertz CT molecular complexity index is 1120. The lowest BCUT2D eigenvalue weighted by Gasteiger charge is -2.11. The fourth-order valence-corrected chi connectivity index (χ4v) is 4.89. The fraction of sp³-hybridized carbons (Fsp3) is 0.545. The van der Waals surface area contributed by atoms with Crippen LogP contribution in [0.2, 0.25) is 0 Å². The summed E-state index contributed by atoms with van der Waals surface area (Å²) in [4.78, 5) is 13.1. The summed E-state index contributed by atoms with van der Waals surface area (Å²) in [5.74, 6) is -0.279. The molecule has 1 heterocycles. The molecule has 41 heavy (non-hydrogen) atoms. The highest BCUT2D eigenvalue weighted by Crippen LogP contribution is 2.34. The summed E-state index contributed by atoms with van der Waals surface area (Å²) in [6, 6.07) is 8.33. The van der Waals surface area contributed by atoms with E-state index in [1.165, 1.54) is 120 Å². The number of ether oxygens (including phenoxy) is 1. The number of benzene rings is 2. The maximum atomic E-state index is 10.3. The average molecular weight is 566 g/mol. The minimum atomic E-state index is -0.194. The van der Waals surface area contributed by atoms with E-state index >= 15 is 0 Å². The molecular weight excluding hydrogens is 518 g/mol. The van der Waals surface area contributed by atoms with E-state index in [9.17, 15) is 20.4 Å². The van der Waals surface area contributed by atoms with Gasteiger partial charge in [-0.3, -0.25) is 0 Å². The summed E-state index contributed by atoms with van der Waals surface area (Å²) < 4.78 is 5.85. The SMILES string of the molecule is CCCCCCCCCCCCCCCCCCOc1nc(-c2ccc(O)cc2O)nc(-c2ccc(O)cc2O)n1. The number of nitrogens with zero attached hydrogens (tertiary/aromatic N) is 3. The van der Waals surface area contributed by atoms with Crippen molar-refractivity contribution in [2.75, 3.05) is 6.61 Å². The maximum Gasteiger partial charge on any atom is 0.320 e.